The predicted molar refractivity (Wildman–Crippen MR) is 101 cm³/mol. The van der Waals surface area contributed by atoms with E-state index in [2.05, 4.69) is 4.98 Å². The van der Waals surface area contributed by atoms with Crippen LogP contribution in [0.2, 0.25) is 0 Å². The van der Waals surface area contributed by atoms with Crippen molar-refractivity contribution in [2.45, 2.75) is 31.5 Å². The van der Waals surface area contributed by atoms with Crippen molar-refractivity contribution in [1.29, 1.82) is 0 Å². The van der Waals surface area contributed by atoms with E-state index in [9.17, 15) is 19.8 Å². The minimum absolute atomic E-state index is 0.0351. The molecular formula is C20H20N2O6. The molecule has 0 saturated carbocycles. The molecule has 0 amide bonds. The van der Waals surface area contributed by atoms with Crippen LogP contribution in [0.4, 0.5) is 0 Å². The number of aliphatic hydroxyl groups excluding tert-OH is 2. The fourth-order valence-electron chi connectivity index (χ4n) is 3.31. The second kappa shape index (κ2) is 7.59. The van der Waals surface area contributed by atoms with Crippen molar-refractivity contribution in [3.63, 3.8) is 0 Å². The van der Waals surface area contributed by atoms with Gasteiger partial charge in [-0.25, -0.2) is 4.79 Å². The van der Waals surface area contributed by atoms with Crippen LogP contribution in [0.25, 0.3) is 10.8 Å². The molecule has 2 aromatic carbocycles. The van der Waals surface area contributed by atoms with E-state index < -0.39 is 29.7 Å². The zero-order chi connectivity index (χ0) is 19.7. The first kappa shape index (κ1) is 18.4. The Morgan fingerprint density at radius 3 is 2.71 bits per heavy atom. The van der Waals surface area contributed by atoms with Gasteiger partial charge in [0.2, 0.25) is 0 Å². The monoisotopic (exact) mass is 384 g/mol. The molecule has 3 atom stereocenters. The summed E-state index contributed by atoms with van der Waals surface area (Å²) in [7, 11) is 0. The van der Waals surface area contributed by atoms with Crippen molar-refractivity contribution in [2.75, 3.05) is 6.61 Å². The minimum atomic E-state index is -0.883. The molecule has 8 heteroatoms. The van der Waals surface area contributed by atoms with Crippen LogP contribution in [0.1, 0.15) is 18.2 Å². The van der Waals surface area contributed by atoms with Crippen LogP contribution in [-0.4, -0.2) is 38.6 Å². The Labute approximate surface area is 159 Å². The molecule has 1 aliphatic heterocycles. The summed E-state index contributed by atoms with van der Waals surface area (Å²) in [5, 5.41) is 21.2. The summed E-state index contributed by atoms with van der Waals surface area (Å²) in [5.74, 6) is 0.601. The molecule has 0 bridgehead atoms. The number of rotatable bonds is 5. The van der Waals surface area contributed by atoms with Crippen molar-refractivity contribution >= 4 is 10.8 Å². The van der Waals surface area contributed by atoms with Gasteiger partial charge in [-0.3, -0.25) is 14.3 Å². The van der Waals surface area contributed by atoms with Gasteiger partial charge in [0.25, 0.3) is 5.56 Å². The number of hydrogen-bond donors (Lipinski definition) is 3. The third-order valence-electron chi connectivity index (χ3n) is 4.85. The summed E-state index contributed by atoms with van der Waals surface area (Å²) < 4.78 is 12.4. The number of ether oxygens (including phenoxy) is 2. The molecule has 28 heavy (non-hydrogen) atoms. The molecule has 1 saturated heterocycles. The summed E-state index contributed by atoms with van der Waals surface area (Å²) in [5.41, 5.74) is -0.937. The normalized spacial score (nSPS) is 21.9. The Morgan fingerprint density at radius 1 is 1.18 bits per heavy atom. The summed E-state index contributed by atoms with van der Waals surface area (Å²) in [6.07, 6.45) is -0.898. The number of hydrogen-bond acceptors (Lipinski definition) is 6. The number of aromatic amines is 1. The van der Waals surface area contributed by atoms with Gasteiger partial charge in [-0.2, -0.15) is 0 Å². The molecule has 0 spiro atoms. The molecule has 1 aromatic heterocycles. The highest BCUT2D eigenvalue weighted by Crippen LogP contribution is 2.27. The van der Waals surface area contributed by atoms with Gasteiger partial charge in [0.15, 0.2) is 0 Å². The van der Waals surface area contributed by atoms with Crippen molar-refractivity contribution in [1.82, 2.24) is 9.55 Å². The topological polar surface area (TPSA) is 114 Å². The highest BCUT2D eigenvalue weighted by atomic mass is 16.5. The van der Waals surface area contributed by atoms with Crippen LogP contribution < -0.4 is 16.0 Å². The maximum absolute atomic E-state index is 12.1. The molecule has 1 fully saturated rings. The fourth-order valence-corrected chi connectivity index (χ4v) is 3.31. The quantitative estimate of drug-likeness (QED) is 0.603. The number of fused-ring (bicyclic) bond motifs is 1. The molecule has 8 nitrogen and oxygen atoms in total. The Morgan fingerprint density at radius 2 is 1.96 bits per heavy atom. The number of nitrogens with zero attached hydrogens (tertiary/aromatic N) is 1. The smallest absolute Gasteiger partial charge is 0.330 e. The number of aromatic nitrogens is 2. The van der Waals surface area contributed by atoms with Gasteiger partial charge in [0.1, 0.15) is 24.7 Å². The lowest BCUT2D eigenvalue weighted by atomic mass is 10.1. The van der Waals surface area contributed by atoms with Crippen LogP contribution in [-0.2, 0) is 11.3 Å². The van der Waals surface area contributed by atoms with Gasteiger partial charge < -0.3 is 19.7 Å². The van der Waals surface area contributed by atoms with E-state index >= 15 is 0 Å². The minimum Gasteiger partial charge on any atom is -0.489 e. The molecule has 0 aliphatic carbocycles. The highest BCUT2D eigenvalue weighted by molar-refractivity contribution is 5.83. The van der Waals surface area contributed by atoms with Crippen molar-refractivity contribution in [3.8, 4) is 5.75 Å². The van der Waals surface area contributed by atoms with Gasteiger partial charge in [-0.1, -0.05) is 30.3 Å². The largest absolute Gasteiger partial charge is 0.489 e. The number of H-pyrrole nitrogens is 1. The lowest BCUT2D eigenvalue weighted by Crippen LogP contribution is -2.34. The highest BCUT2D eigenvalue weighted by Gasteiger charge is 2.35. The van der Waals surface area contributed by atoms with E-state index in [1.807, 2.05) is 42.5 Å². The van der Waals surface area contributed by atoms with Gasteiger partial charge in [0, 0.05) is 12.6 Å². The molecule has 3 aromatic rings. The van der Waals surface area contributed by atoms with Crippen LogP contribution in [0.15, 0.2) is 58.3 Å². The van der Waals surface area contributed by atoms with Crippen molar-refractivity contribution < 1.29 is 19.7 Å². The Hall–Kier alpha value is -2.94. The Balaban J connectivity index is 1.56. The first-order valence-corrected chi connectivity index (χ1v) is 8.95. The Bertz CT molecular complexity index is 1110. The average Bonchev–Trinajstić information content (AvgIpc) is 3.07. The van der Waals surface area contributed by atoms with Gasteiger partial charge in [-0.05, 0) is 22.9 Å². The second-order valence-electron chi connectivity index (χ2n) is 6.73. The Kier molecular flexibility index (Phi) is 4.99. The van der Waals surface area contributed by atoms with E-state index in [0.29, 0.717) is 5.75 Å². The van der Waals surface area contributed by atoms with Gasteiger partial charge >= 0.3 is 5.69 Å². The van der Waals surface area contributed by atoms with Crippen molar-refractivity contribution in [2.24, 2.45) is 0 Å². The summed E-state index contributed by atoms with van der Waals surface area (Å²) in [6.45, 7) is -0.389. The molecule has 3 N–H and O–H groups in total. The standard InChI is InChI=1S/C20H20N2O6/c23-10-17-16(24)8-18(28-17)22-9-14(19(25)21-20(22)26)11-27-15-6-5-12-3-1-2-4-13(12)7-15/h1-7,9,16-18,23-24H,8,10-11H2,(H,21,25,26). The van der Waals surface area contributed by atoms with E-state index in [0.717, 1.165) is 10.8 Å². The van der Waals surface area contributed by atoms with E-state index in [-0.39, 0.29) is 25.2 Å². The van der Waals surface area contributed by atoms with Crippen LogP contribution in [0.5, 0.6) is 5.75 Å². The average molecular weight is 384 g/mol. The second-order valence-corrected chi connectivity index (χ2v) is 6.73. The fraction of sp³-hybridized carbons (Fsp3) is 0.300. The maximum atomic E-state index is 12.1. The number of aliphatic hydroxyl groups is 2. The first-order chi connectivity index (χ1) is 13.5. The lowest BCUT2D eigenvalue weighted by Gasteiger charge is -2.15. The zero-order valence-corrected chi connectivity index (χ0v) is 14.9. The number of benzene rings is 2. The zero-order valence-electron chi connectivity index (χ0n) is 14.9. The predicted octanol–water partition coefficient (Wildman–Crippen LogP) is 0.909. The molecule has 1 aliphatic rings. The van der Waals surface area contributed by atoms with Crippen LogP contribution >= 0.6 is 0 Å². The molecule has 3 unspecified atom stereocenters. The third-order valence-corrected chi connectivity index (χ3v) is 4.85. The van der Waals surface area contributed by atoms with Crippen LogP contribution in [0, 0.1) is 0 Å². The number of nitrogens with one attached hydrogen (secondary N) is 1. The first-order valence-electron chi connectivity index (χ1n) is 8.95. The van der Waals surface area contributed by atoms with Crippen molar-refractivity contribution in [3.05, 3.63) is 75.1 Å². The molecule has 146 valence electrons. The molecule has 4 rings (SSSR count). The molecular weight excluding hydrogens is 364 g/mol. The lowest BCUT2D eigenvalue weighted by molar-refractivity contribution is -0.0460. The van der Waals surface area contributed by atoms with E-state index in [1.54, 1.807) is 0 Å². The van der Waals surface area contributed by atoms with E-state index in [4.69, 9.17) is 9.47 Å². The summed E-state index contributed by atoms with van der Waals surface area (Å²) >= 11 is 0. The van der Waals surface area contributed by atoms with Gasteiger partial charge in [0.05, 0.1) is 18.3 Å². The third kappa shape index (κ3) is 3.57. The molecule has 2 heterocycles. The summed E-state index contributed by atoms with van der Waals surface area (Å²) in [6, 6.07) is 13.5. The van der Waals surface area contributed by atoms with Gasteiger partial charge in [-0.15, -0.1) is 0 Å². The molecule has 0 radical (unpaired) electrons. The summed E-state index contributed by atoms with van der Waals surface area (Å²) in [4.78, 5) is 26.5. The van der Waals surface area contributed by atoms with E-state index in [1.165, 1.54) is 10.8 Å². The maximum Gasteiger partial charge on any atom is 0.330 e. The van der Waals surface area contributed by atoms with Crippen LogP contribution in [0.3, 0.4) is 0 Å². The SMILES string of the molecule is O=c1[nH]c(=O)n(C2CC(O)C(CO)O2)cc1COc1ccc2ccccc2c1.